The molecule has 2 aromatic heterocycles. The van der Waals surface area contributed by atoms with Crippen molar-refractivity contribution in [1.29, 1.82) is 0 Å². The summed E-state index contributed by atoms with van der Waals surface area (Å²) in [4.78, 5) is 18.3. The molecule has 0 saturated carbocycles. The topological polar surface area (TPSA) is 123 Å². The number of ether oxygens (including phenoxy) is 2. The average molecular weight is 547 g/mol. The van der Waals surface area contributed by atoms with Gasteiger partial charge in [0.15, 0.2) is 5.82 Å². The molecule has 0 spiro atoms. The number of methoxy groups -OCH3 is 1. The number of aromatic nitrogens is 4. The lowest BCUT2D eigenvalue weighted by Gasteiger charge is -2.07. The Hall–Kier alpha value is -4.12. The number of aliphatic hydroxyl groups is 1. The van der Waals surface area contributed by atoms with Crippen LogP contribution in [0.15, 0.2) is 79.1 Å². The lowest BCUT2D eigenvalue weighted by atomic mass is 10.1. The molecule has 212 valence electrons. The highest BCUT2D eigenvalue weighted by atomic mass is 16.5. The molecule has 1 aliphatic rings. The smallest absolute Gasteiger partial charge is 0.207 e. The van der Waals surface area contributed by atoms with Gasteiger partial charge in [0.05, 0.1) is 24.4 Å². The molecule has 3 heterocycles. The summed E-state index contributed by atoms with van der Waals surface area (Å²) in [5.74, 6) is 1.32. The van der Waals surface area contributed by atoms with Gasteiger partial charge in [0.2, 0.25) is 6.41 Å². The van der Waals surface area contributed by atoms with Crippen molar-refractivity contribution in [2.24, 2.45) is 0 Å². The molecule has 3 N–H and O–H groups in total. The lowest BCUT2D eigenvalue weighted by molar-refractivity contribution is -0.110. The number of amides is 1. The van der Waals surface area contributed by atoms with Gasteiger partial charge in [-0.2, -0.15) is 5.10 Å². The summed E-state index contributed by atoms with van der Waals surface area (Å²) in [5.41, 5.74) is 3.64. The van der Waals surface area contributed by atoms with E-state index < -0.39 is 0 Å². The largest absolute Gasteiger partial charge is 0.388 e. The van der Waals surface area contributed by atoms with E-state index in [-0.39, 0.29) is 18.8 Å². The normalized spacial score (nSPS) is 15.7. The van der Waals surface area contributed by atoms with Crippen LogP contribution in [0.1, 0.15) is 24.2 Å². The fraction of sp³-hybridized carbons (Fsp3) is 0.333. The van der Waals surface area contributed by atoms with Gasteiger partial charge >= 0.3 is 0 Å². The van der Waals surface area contributed by atoms with E-state index in [0.29, 0.717) is 12.4 Å². The first-order valence-corrected chi connectivity index (χ1v) is 13.2. The minimum Gasteiger partial charge on any atom is -0.388 e. The molecule has 0 aliphatic carbocycles. The van der Waals surface area contributed by atoms with E-state index in [0.717, 1.165) is 54.2 Å². The number of anilines is 1. The first kappa shape index (κ1) is 30.4. The summed E-state index contributed by atoms with van der Waals surface area (Å²) in [5, 5.41) is 19.6. The molecule has 1 aliphatic heterocycles. The van der Waals surface area contributed by atoms with E-state index in [4.69, 9.17) is 14.6 Å². The Labute approximate surface area is 235 Å². The fourth-order valence-corrected chi connectivity index (χ4v) is 4.13. The molecule has 40 heavy (non-hydrogen) atoms. The first-order valence-electron chi connectivity index (χ1n) is 13.2. The van der Waals surface area contributed by atoms with Crippen LogP contribution in [0.3, 0.4) is 0 Å². The summed E-state index contributed by atoms with van der Waals surface area (Å²) >= 11 is 0. The van der Waals surface area contributed by atoms with Crippen LogP contribution in [0, 0.1) is 6.92 Å². The van der Waals surface area contributed by atoms with E-state index in [1.165, 1.54) is 0 Å². The highest BCUT2D eigenvalue weighted by Crippen LogP contribution is 2.29. The predicted molar refractivity (Wildman–Crippen MR) is 155 cm³/mol. The first-order chi connectivity index (χ1) is 19.6. The van der Waals surface area contributed by atoms with Crippen LogP contribution in [0.5, 0.6) is 0 Å². The maximum atomic E-state index is 10.1. The summed E-state index contributed by atoms with van der Waals surface area (Å²) in [7, 11) is 3.55. The van der Waals surface area contributed by atoms with Crippen LogP contribution in [-0.2, 0) is 20.9 Å². The van der Waals surface area contributed by atoms with Crippen LogP contribution in [0.4, 0.5) is 5.82 Å². The van der Waals surface area contributed by atoms with E-state index in [1.54, 1.807) is 19.5 Å². The Morgan fingerprint density at radius 1 is 1.07 bits per heavy atom. The molecule has 1 fully saturated rings. The Morgan fingerprint density at radius 3 is 2.25 bits per heavy atom. The molecule has 4 aromatic rings. The number of carbonyl (C=O) groups is 1. The number of nitrogens with one attached hydrogen (secondary N) is 2. The number of hydrogen-bond acceptors (Lipinski definition) is 8. The number of benzene rings is 2. The molecular formula is C30H38N6O4. The minimum absolute atomic E-state index is 0.167. The zero-order valence-electron chi connectivity index (χ0n) is 23.2. The molecule has 0 radical (unpaired) electrons. The van der Waals surface area contributed by atoms with Crippen LogP contribution in [0.2, 0.25) is 0 Å². The second-order valence-corrected chi connectivity index (χ2v) is 8.97. The Bertz CT molecular complexity index is 1230. The molecule has 2 unspecified atom stereocenters. The summed E-state index contributed by atoms with van der Waals surface area (Å²) < 4.78 is 12.2. The van der Waals surface area contributed by atoms with Gasteiger partial charge in [-0.05, 0) is 31.9 Å². The monoisotopic (exact) mass is 546 g/mol. The second kappa shape index (κ2) is 16.8. The number of carbonyl (C=O) groups excluding carboxylic acids is 1. The quantitative estimate of drug-likeness (QED) is 0.271. The molecule has 0 bridgehead atoms. The molecule has 1 amide bonds. The third-order valence-electron chi connectivity index (χ3n) is 6.17. The zero-order valence-corrected chi connectivity index (χ0v) is 23.2. The number of hydrogen-bond donors (Lipinski definition) is 3. The van der Waals surface area contributed by atoms with Gasteiger partial charge in [-0.15, -0.1) is 0 Å². The fourth-order valence-electron chi connectivity index (χ4n) is 4.13. The highest BCUT2D eigenvalue weighted by Gasteiger charge is 2.24. The molecule has 5 rings (SSSR count). The maximum absolute atomic E-state index is 10.1. The van der Waals surface area contributed by atoms with Gasteiger partial charge in [-0.25, -0.2) is 14.6 Å². The lowest BCUT2D eigenvalue weighted by Crippen LogP contribution is -2.27. The Balaban J connectivity index is 0.000000204. The standard InChI is InChI=1S/C16H17N5O.C8H15NO3.C6H6/c1-11-15(12-8-18-14(10-22)19-9-12)20-21(16(11)17-2)13-6-4-3-5-7-13;1-11-3-2-8-4-7(5-12-8)9-6-10;1-2-4-6-5-3-1/h3-9,17,22H,10H2,1-2H3;6-8H,2-5H2,1H3,(H,9,10);1-6H. The van der Waals surface area contributed by atoms with Gasteiger partial charge < -0.3 is 25.2 Å². The predicted octanol–water partition coefficient (Wildman–Crippen LogP) is 3.78. The third-order valence-corrected chi connectivity index (χ3v) is 6.17. The molecular weight excluding hydrogens is 508 g/mol. The number of nitrogens with zero attached hydrogens (tertiary/aromatic N) is 4. The molecule has 10 nitrogen and oxygen atoms in total. The minimum atomic E-state index is -0.167. The second-order valence-electron chi connectivity index (χ2n) is 8.97. The Kier molecular flexibility index (Phi) is 12.7. The van der Waals surface area contributed by atoms with Crippen molar-refractivity contribution in [1.82, 2.24) is 25.1 Å². The average Bonchev–Trinajstić information content (AvgIpc) is 3.61. The number of aliphatic hydroxyl groups excluding tert-OH is 1. The molecule has 1 saturated heterocycles. The molecule has 2 atom stereocenters. The maximum Gasteiger partial charge on any atom is 0.207 e. The van der Waals surface area contributed by atoms with E-state index in [1.807, 2.05) is 85.4 Å². The highest BCUT2D eigenvalue weighted by molar-refractivity contribution is 5.69. The summed E-state index contributed by atoms with van der Waals surface area (Å²) in [6.45, 7) is 3.19. The van der Waals surface area contributed by atoms with E-state index in [2.05, 4.69) is 25.7 Å². The number of rotatable bonds is 9. The van der Waals surface area contributed by atoms with Gasteiger partial charge in [0, 0.05) is 44.3 Å². The summed E-state index contributed by atoms with van der Waals surface area (Å²) in [6, 6.07) is 22.1. The van der Waals surface area contributed by atoms with Crippen molar-refractivity contribution >= 4 is 12.2 Å². The SMILES string of the molecule is CNc1c(C)c(-c2cnc(CO)nc2)nn1-c1ccccc1.COCCC1CC(NC=O)CO1.c1ccccc1. The Morgan fingerprint density at radius 2 is 1.70 bits per heavy atom. The van der Waals surface area contributed by atoms with Crippen LogP contribution < -0.4 is 10.6 Å². The summed E-state index contributed by atoms with van der Waals surface area (Å²) in [6.07, 6.45) is 6.16. The number of para-hydroxylation sites is 1. The van der Waals surface area contributed by atoms with Crippen LogP contribution in [0.25, 0.3) is 16.9 Å². The van der Waals surface area contributed by atoms with Crippen molar-refractivity contribution in [3.8, 4) is 16.9 Å². The van der Waals surface area contributed by atoms with E-state index in [9.17, 15) is 4.79 Å². The third kappa shape index (κ3) is 8.98. The molecule has 10 heteroatoms. The van der Waals surface area contributed by atoms with Crippen molar-refractivity contribution in [2.45, 2.75) is 38.5 Å². The van der Waals surface area contributed by atoms with Gasteiger partial charge in [-0.3, -0.25) is 4.79 Å². The molecule has 2 aromatic carbocycles. The van der Waals surface area contributed by atoms with Gasteiger partial charge in [-0.1, -0.05) is 54.6 Å². The van der Waals surface area contributed by atoms with Crippen molar-refractivity contribution in [3.63, 3.8) is 0 Å². The van der Waals surface area contributed by atoms with E-state index >= 15 is 0 Å². The van der Waals surface area contributed by atoms with Crippen LogP contribution in [-0.4, -0.2) is 70.8 Å². The van der Waals surface area contributed by atoms with Crippen molar-refractivity contribution in [2.75, 3.05) is 32.7 Å². The zero-order chi connectivity index (χ0) is 28.6. The van der Waals surface area contributed by atoms with Gasteiger partial charge in [0.1, 0.15) is 18.1 Å². The van der Waals surface area contributed by atoms with Crippen LogP contribution >= 0.6 is 0 Å². The van der Waals surface area contributed by atoms with Crippen molar-refractivity contribution in [3.05, 3.63) is 90.5 Å². The van der Waals surface area contributed by atoms with Crippen molar-refractivity contribution < 1.29 is 19.4 Å². The van der Waals surface area contributed by atoms with Gasteiger partial charge in [0.25, 0.3) is 0 Å².